The van der Waals surface area contributed by atoms with Crippen molar-refractivity contribution in [2.75, 3.05) is 19.7 Å². The van der Waals surface area contributed by atoms with Crippen molar-refractivity contribution in [1.82, 2.24) is 15.6 Å². The average molecular weight is 458 g/mol. The molecule has 0 aliphatic carbocycles. The van der Waals surface area contributed by atoms with Gasteiger partial charge in [-0.2, -0.15) is 0 Å². The molecule has 0 spiro atoms. The standard InChI is InChI=1S/C24H28ClN3O4/c1-3-32-23(30)14-28-24(31)17-7-8-20-18(12-27-21(20)11-17)9-15(2)26-13-22(29)16-5-4-6-19(25)10-16/h4-8,10-12,15,22,26-27,29H,3,9,13-14H2,1-2H3,(H,28,31)/t15-,22+/m1/s1. The van der Waals surface area contributed by atoms with E-state index in [2.05, 4.69) is 22.5 Å². The van der Waals surface area contributed by atoms with Gasteiger partial charge in [0, 0.05) is 40.3 Å². The highest BCUT2D eigenvalue weighted by Gasteiger charge is 2.14. The van der Waals surface area contributed by atoms with Gasteiger partial charge < -0.3 is 25.5 Å². The number of hydrogen-bond acceptors (Lipinski definition) is 5. The van der Waals surface area contributed by atoms with E-state index in [9.17, 15) is 14.7 Å². The highest BCUT2D eigenvalue weighted by molar-refractivity contribution is 6.30. The molecule has 3 rings (SSSR count). The minimum atomic E-state index is -0.644. The molecule has 1 aromatic heterocycles. The Balaban J connectivity index is 1.57. The number of rotatable bonds is 10. The van der Waals surface area contributed by atoms with Gasteiger partial charge in [0.15, 0.2) is 0 Å². The van der Waals surface area contributed by atoms with Crippen LogP contribution in [0.1, 0.15) is 41.4 Å². The summed E-state index contributed by atoms with van der Waals surface area (Å²) in [6, 6.07) is 12.7. The molecule has 3 aromatic rings. The molecule has 8 heteroatoms. The molecule has 0 saturated carbocycles. The van der Waals surface area contributed by atoms with Crippen LogP contribution in [0.25, 0.3) is 10.9 Å². The summed E-state index contributed by atoms with van der Waals surface area (Å²) in [5.74, 6) is -0.799. The Labute approximate surface area is 192 Å². The summed E-state index contributed by atoms with van der Waals surface area (Å²) in [5.41, 5.74) is 3.19. The van der Waals surface area contributed by atoms with Gasteiger partial charge in [-0.1, -0.05) is 29.8 Å². The SMILES string of the molecule is CCOC(=O)CNC(=O)c1ccc2c(C[C@@H](C)NC[C@H](O)c3cccc(Cl)c3)c[nH]c2c1. The van der Waals surface area contributed by atoms with E-state index < -0.39 is 12.1 Å². The maximum Gasteiger partial charge on any atom is 0.325 e. The lowest BCUT2D eigenvalue weighted by Crippen LogP contribution is -2.32. The van der Waals surface area contributed by atoms with Gasteiger partial charge in [-0.3, -0.25) is 9.59 Å². The average Bonchev–Trinajstić information content (AvgIpc) is 3.17. The fourth-order valence-electron chi connectivity index (χ4n) is 3.51. The smallest absolute Gasteiger partial charge is 0.325 e. The van der Waals surface area contributed by atoms with E-state index in [4.69, 9.17) is 16.3 Å². The van der Waals surface area contributed by atoms with Crippen molar-refractivity contribution < 1.29 is 19.4 Å². The lowest BCUT2D eigenvalue weighted by atomic mass is 10.0. The molecule has 0 bridgehead atoms. The summed E-state index contributed by atoms with van der Waals surface area (Å²) in [7, 11) is 0. The molecule has 4 N–H and O–H groups in total. The van der Waals surface area contributed by atoms with Crippen LogP contribution in [0.4, 0.5) is 0 Å². The van der Waals surface area contributed by atoms with E-state index in [-0.39, 0.29) is 25.1 Å². The fourth-order valence-corrected chi connectivity index (χ4v) is 3.71. The van der Waals surface area contributed by atoms with Gasteiger partial charge in [0.1, 0.15) is 6.54 Å². The van der Waals surface area contributed by atoms with Crippen molar-refractivity contribution in [3.05, 3.63) is 70.4 Å². The number of ether oxygens (including phenoxy) is 1. The number of amides is 1. The number of nitrogens with one attached hydrogen (secondary N) is 3. The normalized spacial score (nSPS) is 13.0. The van der Waals surface area contributed by atoms with Gasteiger partial charge in [0.2, 0.25) is 0 Å². The van der Waals surface area contributed by atoms with E-state index in [1.807, 2.05) is 24.4 Å². The van der Waals surface area contributed by atoms with E-state index in [0.717, 1.165) is 28.5 Å². The molecule has 1 heterocycles. The molecule has 7 nitrogen and oxygen atoms in total. The zero-order chi connectivity index (χ0) is 23.1. The summed E-state index contributed by atoms with van der Waals surface area (Å²) in [5, 5.41) is 17.9. The Kier molecular flexibility index (Phi) is 8.27. The number of carbonyl (C=O) groups is 2. The number of benzene rings is 2. The van der Waals surface area contributed by atoms with Crippen LogP contribution >= 0.6 is 11.6 Å². The van der Waals surface area contributed by atoms with E-state index >= 15 is 0 Å². The van der Waals surface area contributed by atoms with Gasteiger partial charge in [-0.15, -0.1) is 0 Å². The summed E-state index contributed by atoms with van der Waals surface area (Å²) in [6.45, 7) is 4.30. The molecular weight excluding hydrogens is 430 g/mol. The molecule has 0 aliphatic rings. The second-order valence-electron chi connectivity index (χ2n) is 7.65. The molecule has 1 amide bonds. The quantitative estimate of drug-likeness (QED) is 0.349. The molecule has 0 fully saturated rings. The van der Waals surface area contributed by atoms with Gasteiger partial charge in [-0.05, 0) is 55.7 Å². The zero-order valence-corrected chi connectivity index (χ0v) is 18.9. The summed E-state index contributed by atoms with van der Waals surface area (Å²) in [4.78, 5) is 26.9. The highest BCUT2D eigenvalue weighted by Crippen LogP contribution is 2.22. The first-order chi connectivity index (χ1) is 15.4. The van der Waals surface area contributed by atoms with Crippen molar-refractivity contribution in [2.24, 2.45) is 0 Å². The predicted molar refractivity (Wildman–Crippen MR) is 125 cm³/mol. The third-order valence-corrected chi connectivity index (χ3v) is 5.38. The number of carbonyl (C=O) groups excluding carboxylic acids is 2. The maximum atomic E-state index is 12.3. The van der Waals surface area contributed by atoms with E-state index in [0.29, 0.717) is 17.1 Å². The van der Waals surface area contributed by atoms with Gasteiger partial charge in [-0.25, -0.2) is 0 Å². The van der Waals surface area contributed by atoms with Crippen LogP contribution in [0, 0.1) is 0 Å². The predicted octanol–water partition coefficient (Wildman–Crippen LogP) is 3.37. The molecule has 0 saturated heterocycles. The van der Waals surface area contributed by atoms with Gasteiger partial charge >= 0.3 is 5.97 Å². The number of H-pyrrole nitrogens is 1. The molecule has 2 atom stereocenters. The Morgan fingerprint density at radius 3 is 2.78 bits per heavy atom. The minimum absolute atomic E-state index is 0.121. The Morgan fingerprint density at radius 1 is 1.22 bits per heavy atom. The van der Waals surface area contributed by atoms with Crippen LogP contribution in [0.2, 0.25) is 5.02 Å². The Morgan fingerprint density at radius 2 is 2.03 bits per heavy atom. The largest absolute Gasteiger partial charge is 0.465 e. The molecule has 0 radical (unpaired) electrons. The van der Waals surface area contributed by atoms with E-state index in [1.54, 1.807) is 31.2 Å². The summed E-state index contributed by atoms with van der Waals surface area (Å²) >= 11 is 6.00. The minimum Gasteiger partial charge on any atom is -0.465 e. The first-order valence-corrected chi connectivity index (χ1v) is 11.0. The number of hydrogen-bond donors (Lipinski definition) is 4. The van der Waals surface area contributed by atoms with Crippen molar-refractivity contribution in [3.63, 3.8) is 0 Å². The molecule has 170 valence electrons. The number of aliphatic hydroxyl groups excluding tert-OH is 1. The number of halogens is 1. The van der Waals surface area contributed by atoms with Crippen molar-refractivity contribution in [2.45, 2.75) is 32.4 Å². The number of esters is 1. The van der Waals surface area contributed by atoms with Gasteiger partial charge in [0.05, 0.1) is 12.7 Å². The Bertz CT molecular complexity index is 1080. The maximum absolute atomic E-state index is 12.3. The molecule has 32 heavy (non-hydrogen) atoms. The topological polar surface area (TPSA) is 103 Å². The van der Waals surface area contributed by atoms with Crippen LogP contribution < -0.4 is 10.6 Å². The third kappa shape index (κ3) is 6.32. The Hall–Kier alpha value is -2.87. The fraction of sp³-hybridized carbons (Fsp3) is 0.333. The van der Waals surface area contributed by atoms with Crippen LogP contribution in [0.5, 0.6) is 0 Å². The van der Waals surface area contributed by atoms with Crippen LogP contribution in [0.3, 0.4) is 0 Å². The third-order valence-electron chi connectivity index (χ3n) is 5.15. The van der Waals surface area contributed by atoms with E-state index in [1.165, 1.54) is 0 Å². The van der Waals surface area contributed by atoms with Gasteiger partial charge in [0.25, 0.3) is 5.91 Å². The first-order valence-electron chi connectivity index (χ1n) is 10.6. The number of fused-ring (bicyclic) bond motifs is 1. The number of aromatic nitrogens is 1. The summed E-state index contributed by atoms with van der Waals surface area (Å²) in [6.07, 6.45) is 2.03. The highest BCUT2D eigenvalue weighted by atomic mass is 35.5. The molecular formula is C24H28ClN3O4. The zero-order valence-electron chi connectivity index (χ0n) is 18.2. The first kappa shape index (κ1) is 23.8. The number of aliphatic hydroxyl groups is 1. The van der Waals surface area contributed by atoms with Crippen LogP contribution in [-0.4, -0.2) is 47.7 Å². The lowest BCUT2D eigenvalue weighted by Gasteiger charge is -2.17. The second kappa shape index (κ2) is 11.1. The van der Waals surface area contributed by atoms with Crippen molar-refractivity contribution in [3.8, 4) is 0 Å². The van der Waals surface area contributed by atoms with Crippen LogP contribution in [-0.2, 0) is 16.0 Å². The van der Waals surface area contributed by atoms with Crippen molar-refractivity contribution in [1.29, 1.82) is 0 Å². The molecule has 0 aliphatic heterocycles. The molecule has 2 aromatic carbocycles. The summed E-state index contributed by atoms with van der Waals surface area (Å²) < 4.78 is 4.82. The second-order valence-corrected chi connectivity index (χ2v) is 8.08. The number of aromatic amines is 1. The molecule has 0 unspecified atom stereocenters. The monoisotopic (exact) mass is 457 g/mol. The lowest BCUT2D eigenvalue weighted by molar-refractivity contribution is -0.141. The van der Waals surface area contributed by atoms with Crippen LogP contribution in [0.15, 0.2) is 48.7 Å². The van der Waals surface area contributed by atoms with Crippen molar-refractivity contribution >= 4 is 34.4 Å².